The van der Waals surface area contributed by atoms with Crippen LogP contribution in [0.4, 0.5) is 0 Å². The monoisotopic (exact) mass is 543 g/mol. The number of aromatic amines is 1. The third-order valence-electron chi connectivity index (χ3n) is 8.43. The molecule has 4 fully saturated rings. The number of carbonyl (C=O) groups excluding carboxylic acids is 4. The van der Waals surface area contributed by atoms with E-state index < -0.39 is 42.0 Å². The van der Waals surface area contributed by atoms with Crippen LogP contribution in [0.2, 0.25) is 0 Å². The van der Waals surface area contributed by atoms with Crippen molar-refractivity contribution in [3.63, 3.8) is 0 Å². The third-order valence-corrected chi connectivity index (χ3v) is 8.43. The van der Waals surface area contributed by atoms with Crippen LogP contribution in [0.15, 0.2) is 12.5 Å². The molecule has 5 rings (SSSR count). The molecule has 5 heterocycles. The molecule has 0 unspecified atom stereocenters. The van der Waals surface area contributed by atoms with Gasteiger partial charge in [0.25, 0.3) is 0 Å². The molecule has 212 valence electrons. The van der Waals surface area contributed by atoms with Gasteiger partial charge in [0.05, 0.1) is 12.4 Å². The van der Waals surface area contributed by atoms with Crippen molar-refractivity contribution in [1.29, 1.82) is 0 Å². The van der Waals surface area contributed by atoms with Crippen LogP contribution in [-0.2, 0) is 30.4 Å². The number of likely N-dealkylation sites (tertiary alicyclic amines) is 3. The van der Waals surface area contributed by atoms with Crippen LogP contribution in [0.5, 0.6) is 0 Å². The zero-order valence-corrected chi connectivity index (χ0v) is 22.0. The van der Waals surface area contributed by atoms with Crippen LogP contribution < -0.4 is 10.6 Å². The van der Waals surface area contributed by atoms with Crippen LogP contribution in [0.1, 0.15) is 57.1 Å². The van der Waals surface area contributed by atoms with Crippen molar-refractivity contribution in [2.75, 3.05) is 26.2 Å². The van der Waals surface area contributed by atoms with Gasteiger partial charge in [-0.25, -0.2) is 9.78 Å². The number of hydrogen-bond donors (Lipinski definition) is 4. The Morgan fingerprint density at radius 3 is 2.21 bits per heavy atom. The Bertz CT molecular complexity index is 1090. The van der Waals surface area contributed by atoms with Crippen molar-refractivity contribution in [2.45, 2.75) is 88.0 Å². The zero-order chi connectivity index (χ0) is 27.5. The molecule has 0 spiro atoms. The molecule has 1 aromatic heterocycles. The fourth-order valence-corrected chi connectivity index (χ4v) is 6.45. The molecule has 0 aromatic carbocycles. The summed E-state index contributed by atoms with van der Waals surface area (Å²) >= 11 is 0. The molecule has 4 aliphatic heterocycles. The SMILES string of the molecule is O=C(O)[C@@H]1CCCN1C(=O)[C@H](Cc1cnc[nH]1)NC(=O)[C@@H]1CCCN1C(=O)[C@@H]1CCCN1C(=O)[C@@H]1CCCN1. The molecule has 1 aromatic rings. The summed E-state index contributed by atoms with van der Waals surface area (Å²) in [5.41, 5.74) is 0.625. The van der Waals surface area contributed by atoms with Gasteiger partial charge in [-0.05, 0) is 57.9 Å². The first-order chi connectivity index (χ1) is 18.8. The van der Waals surface area contributed by atoms with Gasteiger partial charge < -0.3 is 35.4 Å². The highest BCUT2D eigenvalue weighted by atomic mass is 16.4. The second kappa shape index (κ2) is 11.7. The number of nitrogens with one attached hydrogen (secondary N) is 3. The highest BCUT2D eigenvalue weighted by molar-refractivity contribution is 5.96. The lowest BCUT2D eigenvalue weighted by Crippen LogP contribution is -2.58. The minimum absolute atomic E-state index is 0.0487. The number of rotatable bonds is 8. The van der Waals surface area contributed by atoms with Crippen molar-refractivity contribution in [1.82, 2.24) is 35.3 Å². The smallest absolute Gasteiger partial charge is 0.326 e. The molecule has 0 aliphatic carbocycles. The summed E-state index contributed by atoms with van der Waals surface area (Å²) in [6, 6.07) is -3.54. The fourth-order valence-electron chi connectivity index (χ4n) is 6.45. The normalized spacial score (nSPS) is 27.6. The van der Waals surface area contributed by atoms with Gasteiger partial charge in [-0.15, -0.1) is 0 Å². The van der Waals surface area contributed by atoms with Gasteiger partial charge in [-0.3, -0.25) is 19.2 Å². The summed E-state index contributed by atoms with van der Waals surface area (Å²) in [4.78, 5) is 77.0. The van der Waals surface area contributed by atoms with Crippen LogP contribution in [0.25, 0.3) is 0 Å². The Hall–Kier alpha value is -3.48. The van der Waals surface area contributed by atoms with Crippen LogP contribution in [-0.4, -0.2) is 116 Å². The number of hydrogen-bond acceptors (Lipinski definition) is 7. The Labute approximate surface area is 226 Å². The number of aromatic nitrogens is 2. The van der Waals surface area contributed by atoms with Gasteiger partial charge in [0.15, 0.2) is 0 Å². The van der Waals surface area contributed by atoms with E-state index in [2.05, 4.69) is 20.6 Å². The first-order valence-corrected chi connectivity index (χ1v) is 14.0. The molecule has 0 saturated carbocycles. The maximum absolute atomic E-state index is 13.7. The Kier molecular flexibility index (Phi) is 8.15. The summed E-state index contributed by atoms with van der Waals surface area (Å²) in [6.45, 7) is 2.03. The van der Waals surface area contributed by atoms with Gasteiger partial charge in [-0.2, -0.15) is 0 Å². The molecular formula is C26H37N7O6. The molecular weight excluding hydrogens is 506 g/mol. The average molecular weight is 544 g/mol. The van der Waals surface area contributed by atoms with Crippen LogP contribution >= 0.6 is 0 Å². The summed E-state index contributed by atoms with van der Waals surface area (Å²) in [5.74, 6) is -2.25. The van der Waals surface area contributed by atoms with Crippen molar-refractivity contribution in [2.24, 2.45) is 0 Å². The standard InChI is InChI=1S/C26H37N7O6/c34-22(30-18(13-16-14-27-15-29-16)24(36)33-12-4-8-21(33)26(38)39)19-6-2-10-31(19)25(37)20-7-3-11-32(20)23(35)17-5-1-9-28-17/h14-15,17-21,28H,1-13H2,(H,27,29)(H,30,34)(H,38,39)/t17-,18-,19-,20-,21-/m0/s1. The Morgan fingerprint density at radius 1 is 0.897 bits per heavy atom. The number of nitrogens with zero attached hydrogens (tertiary/aromatic N) is 4. The largest absolute Gasteiger partial charge is 0.480 e. The quantitative estimate of drug-likeness (QED) is 0.332. The fraction of sp³-hybridized carbons (Fsp3) is 0.692. The number of amides is 4. The molecule has 4 saturated heterocycles. The van der Waals surface area contributed by atoms with Crippen molar-refractivity contribution < 1.29 is 29.1 Å². The van der Waals surface area contributed by atoms with Crippen molar-refractivity contribution in [3.05, 3.63) is 18.2 Å². The topological polar surface area (TPSA) is 168 Å². The van der Waals surface area contributed by atoms with E-state index in [-0.39, 0.29) is 24.3 Å². The number of carboxylic acids is 1. The predicted molar refractivity (Wildman–Crippen MR) is 137 cm³/mol. The van der Waals surface area contributed by atoms with Gasteiger partial charge in [0.1, 0.15) is 24.2 Å². The lowest BCUT2D eigenvalue weighted by Gasteiger charge is -2.33. The van der Waals surface area contributed by atoms with E-state index in [1.165, 1.54) is 11.2 Å². The number of imidazole rings is 1. The average Bonchev–Trinajstić information content (AvgIpc) is 3.76. The number of carboxylic acid groups (broad SMARTS) is 1. The molecule has 5 atom stereocenters. The van der Waals surface area contributed by atoms with Crippen molar-refractivity contribution >= 4 is 29.6 Å². The predicted octanol–water partition coefficient (Wildman–Crippen LogP) is -0.753. The molecule has 4 N–H and O–H groups in total. The first kappa shape index (κ1) is 27.1. The maximum Gasteiger partial charge on any atom is 0.326 e. The van der Waals surface area contributed by atoms with Gasteiger partial charge in [-0.1, -0.05) is 0 Å². The molecule has 4 aliphatic rings. The lowest BCUT2D eigenvalue weighted by atomic mass is 10.1. The minimum Gasteiger partial charge on any atom is -0.480 e. The minimum atomic E-state index is -1.07. The van der Waals surface area contributed by atoms with E-state index in [1.807, 2.05) is 0 Å². The van der Waals surface area contributed by atoms with E-state index in [4.69, 9.17) is 0 Å². The molecule has 0 radical (unpaired) electrons. The summed E-state index contributed by atoms with van der Waals surface area (Å²) in [6.07, 6.45) is 8.17. The second-order valence-electron chi connectivity index (χ2n) is 10.9. The molecule has 13 nitrogen and oxygen atoms in total. The molecule has 0 bridgehead atoms. The van der Waals surface area contributed by atoms with E-state index in [0.717, 1.165) is 25.8 Å². The molecule has 4 amide bonds. The molecule has 39 heavy (non-hydrogen) atoms. The van der Waals surface area contributed by atoms with Crippen LogP contribution in [0.3, 0.4) is 0 Å². The van der Waals surface area contributed by atoms with Crippen LogP contribution in [0, 0.1) is 0 Å². The van der Waals surface area contributed by atoms with E-state index in [9.17, 15) is 29.1 Å². The molecule has 13 heteroatoms. The zero-order valence-electron chi connectivity index (χ0n) is 22.0. The number of carbonyl (C=O) groups is 5. The van der Waals surface area contributed by atoms with E-state index in [0.29, 0.717) is 57.4 Å². The maximum atomic E-state index is 13.7. The van der Waals surface area contributed by atoms with E-state index >= 15 is 0 Å². The summed E-state index contributed by atoms with van der Waals surface area (Å²) < 4.78 is 0. The summed E-state index contributed by atoms with van der Waals surface area (Å²) in [7, 11) is 0. The first-order valence-electron chi connectivity index (χ1n) is 14.0. The van der Waals surface area contributed by atoms with Gasteiger partial charge >= 0.3 is 5.97 Å². The highest BCUT2D eigenvalue weighted by Gasteiger charge is 2.45. The van der Waals surface area contributed by atoms with E-state index in [1.54, 1.807) is 16.0 Å². The Morgan fingerprint density at radius 2 is 1.56 bits per heavy atom. The number of aliphatic carboxylic acids is 1. The van der Waals surface area contributed by atoms with Gasteiger partial charge in [0, 0.05) is 37.9 Å². The van der Waals surface area contributed by atoms with Gasteiger partial charge in [0.2, 0.25) is 23.6 Å². The summed E-state index contributed by atoms with van der Waals surface area (Å²) in [5, 5.41) is 15.6. The second-order valence-corrected chi connectivity index (χ2v) is 10.9. The highest BCUT2D eigenvalue weighted by Crippen LogP contribution is 2.27. The number of H-pyrrole nitrogens is 1. The third kappa shape index (κ3) is 5.63. The Balaban J connectivity index is 1.29. The lowest BCUT2D eigenvalue weighted by molar-refractivity contribution is -0.150. The van der Waals surface area contributed by atoms with Crippen molar-refractivity contribution in [3.8, 4) is 0 Å².